The minimum atomic E-state index is -0.222. The molecule has 0 aliphatic carbocycles. The van der Waals surface area contributed by atoms with Crippen molar-refractivity contribution >= 4 is 36.4 Å². The molecule has 0 amide bonds. The Labute approximate surface area is 137 Å². The van der Waals surface area contributed by atoms with E-state index in [1.807, 2.05) is 43.1 Å². The molecule has 0 saturated heterocycles. The Morgan fingerprint density at radius 3 is 2.20 bits per heavy atom. The van der Waals surface area contributed by atoms with Gasteiger partial charge in [-0.05, 0) is 31.2 Å². The molecule has 20 heavy (non-hydrogen) atoms. The molecule has 0 aromatic heterocycles. The zero-order chi connectivity index (χ0) is 13.5. The van der Waals surface area contributed by atoms with Crippen LogP contribution in [0.5, 0.6) is 0 Å². The fourth-order valence-corrected chi connectivity index (χ4v) is 2.81. The molecule has 2 rings (SSSR count). The molecular formula is C13H21Cl3N3O+. The highest BCUT2D eigenvalue weighted by atomic mass is 35.5. The summed E-state index contributed by atoms with van der Waals surface area (Å²) in [6.45, 7) is 2.32. The lowest BCUT2D eigenvalue weighted by atomic mass is 10.1. The van der Waals surface area contributed by atoms with Crippen LogP contribution in [-0.4, -0.2) is 35.4 Å². The van der Waals surface area contributed by atoms with Crippen LogP contribution >= 0.6 is 36.4 Å². The number of nitrogens with two attached hydrogens (primary N) is 1. The average Bonchev–Trinajstić information content (AvgIpc) is 2.48. The molecule has 0 radical (unpaired) electrons. The quantitative estimate of drug-likeness (QED) is 0.812. The van der Waals surface area contributed by atoms with E-state index in [-0.39, 0.29) is 35.6 Å². The van der Waals surface area contributed by atoms with Crippen molar-refractivity contribution in [2.75, 3.05) is 20.6 Å². The van der Waals surface area contributed by atoms with Crippen LogP contribution < -0.4 is 5.73 Å². The van der Waals surface area contributed by atoms with Crippen LogP contribution in [0.4, 0.5) is 0 Å². The van der Waals surface area contributed by atoms with Gasteiger partial charge in [-0.2, -0.15) is 0 Å². The first kappa shape index (κ1) is 19.5. The molecule has 1 aromatic rings. The van der Waals surface area contributed by atoms with E-state index in [2.05, 4.69) is 0 Å². The summed E-state index contributed by atoms with van der Waals surface area (Å²) in [4.78, 5) is 2.05. The number of allylic oxidation sites excluding steroid dienone is 1. The normalized spacial score (nSPS) is 25.3. The number of hydrogen-bond acceptors (Lipinski definition) is 3. The van der Waals surface area contributed by atoms with Crippen LogP contribution in [-0.2, 0) is 0 Å². The molecule has 114 valence electrons. The molecule has 4 nitrogen and oxygen atoms in total. The standard InChI is InChI=1S/C13H19ClN3O.2ClH/c1-9-12(8-15)17(3,18)13(16(9)2)10-4-6-11(14)7-5-10;;/h4-7,13,18H,8,15H2,1-3H3;2*1H/q+1;;. The Bertz CT molecular complexity index is 488. The molecule has 3 N–H and O–H groups in total. The number of rotatable bonds is 2. The second-order valence-corrected chi connectivity index (χ2v) is 5.24. The molecule has 1 aliphatic rings. The zero-order valence-electron chi connectivity index (χ0n) is 11.7. The van der Waals surface area contributed by atoms with Gasteiger partial charge in [-0.15, -0.1) is 29.5 Å². The van der Waals surface area contributed by atoms with Gasteiger partial charge in [-0.1, -0.05) is 11.6 Å². The van der Waals surface area contributed by atoms with Crippen molar-refractivity contribution in [3.8, 4) is 0 Å². The van der Waals surface area contributed by atoms with E-state index in [9.17, 15) is 5.21 Å². The van der Waals surface area contributed by atoms with Gasteiger partial charge < -0.3 is 10.6 Å². The molecule has 1 aliphatic heterocycles. The van der Waals surface area contributed by atoms with E-state index in [0.717, 1.165) is 17.0 Å². The first-order valence-corrected chi connectivity index (χ1v) is 6.25. The summed E-state index contributed by atoms with van der Waals surface area (Å²) in [6, 6.07) is 7.53. The van der Waals surface area contributed by atoms with Crippen molar-refractivity contribution in [3.63, 3.8) is 0 Å². The minimum Gasteiger partial charge on any atom is -0.322 e. The minimum absolute atomic E-state index is 0. The maximum absolute atomic E-state index is 10.7. The number of quaternary nitrogens is 1. The van der Waals surface area contributed by atoms with E-state index in [1.54, 1.807) is 7.05 Å². The topological polar surface area (TPSA) is 49.5 Å². The molecule has 7 heteroatoms. The van der Waals surface area contributed by atoms with Crippen LogP contribution in [0.1, 0.15) is 18.7 Å². The summed E-state index contributed by atoms with van der Waals surface area (Å²) >= 11 is 5.90. The molecular weight excluding hydrogens is 321 g/mol. The monoisotopic (exact) mass is 340 g/mol. The predicted octanol–water partition coefficient (Wildman–Crippen LogP) is 3.15. The van der Waals surface area contributed by atoms with Gasteiger partial charge >= 0.3 is 0 Å². The number of hydroxylamine groups is 3. The van der Waals surface area contributed by atoms with E-state index in [4.69, 9.17) is 17.3 Å². The van der Waals surface area contributed by atoms with Gasteiger partial charge in [0.1, 0.15) is 7.05 Å². The Kier molecular flexibility index (Phi) is 6.81. The van der Waals surface area contributed by atoms with E-state index in [1.165, 1.54) is 0 Å². The first-order valence-electron chi connectivity index (χ1n) is 5.87. The second-order valence-electron chi connectivity index (χ2n) is 4.80. The molecule has 0 saturated carbocycles. The van der Waals surface area contributed by atoms with Gasteiger partial charge in [0.15, 0.2) is 5.70 Å². The van der Waals surface area contributed by atoms with Gasteiger partial charge in [-0.25, -0.2) is 5.21 Å². The van der Waals surface area contributed by atoms with Crippen molar-refractivity contribution in [3.05, 3.63) is 46.2 Å². The number of benzene rings is 1. The summed E-state index contributed by atoms with van der Waals surface area (Å²) in [5.41, 5.74) is 8.60. The summed E-state index contributed by atoms with van der Waals surface area (Å²) in [6.07, 6.45) is -0.180. The van der Waals surface area contributed by atoms with Crippen LogP contribution in [0, 0.1) is 0 Å². The molecule has 0 fully saturated rings. The summed E-state index contributed by atoms with van der Waals surface area (Å²) in [5.74, 6) is 0. The molecule has 2 atom stereocenters. The lowest BCUT2D eigenvalue weighted by molar-refractivity contribution is -1.08. The highest BCUT2D eigenvalue weighted by Crippen LogP contribution is 2.41. The van der Waals surface area contributed by atoms with Crippen molar-refractivity contribution in [1.29, 1.82) is 0 Å². The van der Waals surface area contributed by atoms with E-state index in [0.29, 0.717) is 11.6 Å². The van der Waals surface area contributed by atoms with Crippen molar-refractivity contribution < 1.29 is 9.85 Å². The third-order valence-corrected chi connectivity index (χ3v) is 3.95. The summed E-state index contributed by atoms with van der Waals surface area (Å²) in [7, 11) is 3.72. The van der Waals surface area contributed by atoms with Crippen LogP contribution in [0.25, 0.3) is 0 Å². The maximum atomic E-state index is 10.7. The molecule has 0 spiro atoms. The fourth-order valence-electron chi connectivity index (χ4n) is 2.68. The molecule has 1 aromatic carbocycles. The number of nitrogens with zero attached hydrogens (tertiary/aromatic N) is 2. The second kappa shape index (κ2) is 6.98. The van der Waals surface area contributed by atoms with E-state index >= 15 is 0 Å². The highest BCUT2D eigenvalue weighted by Gasteiger charge is 2.47. The third kappa shape index (κ3) is 3.06. The number of halogens is 3. The zero-order valence-corrected chi connectivity index (χ0v) is 14.1. The Morgan fingerprint density at radius 2 is 1.80 bits per heavy atom. The lowest BCUT2D eigenvalue weighted by Gasteiger charge is -2.32. The molecule has 2 unspecified atom stereocenters. The lowest BCUT2D eigenvalue weighted by Crippen LogP contribution is -2.44. The van der Waals surface area contributed by atoms with Crippen molar-refractivity contribution in [2.45, 2.75) is 13.1 Å². The van der Waals surface area contributed by atoms with Crippen molar-refractivity contribution in [1.82, 2.24) is 4.90 Å². The average molecular weight is 342 g/mol. The largest absolute Gasteiger partial charge is 0.322 e. The first-order chi connectivity index (χ1) is 8.39. The van der Waals surface area contributed by atoms with Crippen molar-refractivity contribution in [2.24, 2.45) is 5.73 Å². The highest BCUT2D eigenvalue weighted by molar-refractivity contribution is 6.30. The fraction of sp³-hybridized carbons (Fsp3) is 0.385. The summed E-state index contributed by atoms with van der Waals surface area (Å²) < 4.78 is -0.222. The number of hydrogen-bond donors (Lipinski definition) is 2. The Morgan fingerprint density at radius 1 is 1.30 bits per heavy atom. The smallest absolute Gasteiger partial charge is 0.225 e. The maximum Gasteiger partial charge on any atom is 0.225 e. The van der Waals surface area contributed by atoms with E-state index < -0.39 is 0 Å². The Hall–Kier alpha value is -0.490. The van der Waals surface area contributed by atoms with Gasteiger partial charge in [0.25, 0.3) is 0 Å². The van der Waals surface area contributed by atoms with Gasteiger partial charge in [0.05, 0.1) is 12.2 Å². The van der Waals surface area contributed by atoms with Gasteiger partial charge in [-0.3, -0.25) is 0 Å². The van der Waals surface area contributed by atoms with Gasteiger partial charge in [0, 0.05) is 17.6 Å². The molecule has 0 bridgehead atoms. The van der Waals surface area contributed by atoms with Crippen LogP contribution in [0.3, 0.4) is 0 Å². The summed E-state index contributed by atoms with van der Waals surface area (Å²) in [5, 5.41) is 11.4. The Balaban J connectivity index is 0.00000180. The number of likely N-dealkylation sites (N-methyl/N-ethyl adjacent to an activating group) is 1. The molecule has 1 heterocycles. The SMILES string of the molecule is CC1=C(CN)[N+](C)(O)C(c2ccc(Cl)cc2)N1C.Cl.Cl. The third-order valence-electron chi connectivity index (χ3n) is 3.70. The van der Waals surface area contributed by atoms with Crippen LogP contribution in [0.2, 0.25) is 5.02 Å². The van der Waals surface area contributed by atoms with Gasteiger partial charge in [0.2, 0.25) is 6.17 Å². The van der Waals surface area contributed by atoms with Crippen LogP contribution in [0.15, 0.2) is 35.7 Å². The predicted molar refractivity (Wildman–Crippen MR) is 86.2 cm³/mol.